The number of benzene rings is 2. The molecule has 3 aromatic rings. The van der Waals surface area contributed by atoms with Crippen molar-refractivity contribution in [1.29, 1.82) is 5.41 Å². The monoisotopic (exact) mass is 386 g/mol. The summed E-state index contributed by atoms with van der Waals surface area (Å²) in [6.07, 6.45) is 4.21. The molecule has 1 aromatic heterocycles. The molecule has 1 aliphatic rings. The van der Waals surface area contributed by atoms with E-state index in [2.05, 4.69) is 34.5 Å². The van der Waals surface area contributed by atoms with E-state index in [1.165, 1.54) is 17.3 Å². The molecule has 0 radical (unpaired) electrons. The molecule has 0 aliphatic carbocycles. The minimum Gasteiger partial charge on any atom is -0.393 e. The number of hydrogen-bond donors (Lipinski definition) is 2. The highest BCUT2D eigenvalue weighted by Gasteiger charge is 2.20. The normalized spacial score (nSPS) is 14.0. The smallest absolute Gasteiger partial charge is 0.253 e. The first kappa shape index (κ1) is 19.0. The van der Waals surface area contributed by atoms with Gasteiger partial charge in [-0.3, -0.25) is 4.79 Å². The molecule has 0 atom stereocenters. The van der Waals surface area contributed by atoms with E-state index in [-0.39, 0.29) is 5.56 Å². The number of nitrogens with zero attached hydrogens (tertiary/aromatic N) is 2. The second-order valence-corrected chi connectivity index (χ2v) is 7.59. The van der Waals surface area contributed by atoms with Crippen molar-refractivity contribution < 1.29 is 0 Å². The Bertz CT molecular complexity index is 1190. The Kier molecular flexibility index (Phi) is 4.97. The van der Waals surface area contributed by atoms with Crippen molar-refractivity contribution in [2.45, 2.75) is 19.9 Å². The molecule has 0 fully saturated rings. The van der Waals surface area contributed by atoms with Crippen LogP contribution in [0.2, 0.25) is 0 Å². The molecule has 5 nitrogen and oxygen atoms in total. The molecule has 2 heterocycles. The fraction of sp³-hybridized carbons (Fsp3) is 0.250. The van der Waals surface area contributed by atoms with Gasteiger partial charge in [0.15, 0.2) is 0 Å². The lowest BCUT2D eigenvalue weighted by molar-refractivity contribution is 0.733. The van der Waals surface area contributed by atoms with E-state index < -0.39 is 0 Å². The van der Waals surface area contributed by atoms with Crippen molar-refractivity contribution in [3.63, 3.8) is 0 Å². The summed E-state index contributed by atoms with van der Waals surface area (Å²) in [5, 5.41) is 11.8. The Morgan fingerprint density at radius 2 is 2.00 bits per heavy atom. The fourth-order valence-electron chi connectivity index (χ4n) is 4.22. The van der Waals surface area contributed by atoms with Crippen LogP contribution in [0.15, 0.2) is 53.5 Å². The van der Waals surface area contributed by atoms with Gasteiger partial charge < -0.3 is 20.2 Å². The maximum atomic E-state index is 12.3. The zero-order valence-electron chi connectivity index (χ0n) is 17.1. The van der Waals surface area contributed by atoms with Crippen molar-refractivity contribution >= 4 is 28.4 Å². The van der Waals surface area contributed by atoms with Crippen LogP contribution in [-0.4, -0.2) is 24.4 Å². The summed E-state index contributed by atoms with van der Waals surface area (Å²) in [5.74, 6) is 0. The van der Waals surface area contributed by atoms with Crippen LogP contribution < -0.4 is 15.8 Å². The highest BCUT2D eigenvalue weighted by molar-refractivity contribution is 6.08. The van der Waals surface area contributed by atoms with Crippen molar-refractivity contribution in [3.8, 4) is 0 Å². The number of anilines is 1. The van der Waals surface area contributed by atoms with Crippen LogP contribution in [0.25, 0.3) is 16.5 Å². The maximum Gasteiger partial charge on any atom is 0.253 e. The molecule has 29 heavy (non-hydrogen) atoms. The van der Waals surface area contributed by atoms with Gasteiger partial charge in [-0.2, -0.15) is 0 Å². The van der Waals surface area contributed by atoms with Crippen LogP contribution in [0.1, 0.15) is 22.3 Å². The van der Waals surface area contributed by atoms with E-state index in [9.17, 15) is 4.79 Å². The first-order valence-corrected chi connectivity index (χ1v) is 9.88. The molecular weight excluding hydrogens is 360 g/mol. The van der Waals surface area contributed by atoms with E-state index in [4.69, 9.17) is 5.41 Å². The van der Waals surface area contributed by atoms with E-state index in [0.29, 0.717) is 0 Å². The van der Waals surface area contributed by atoms with Crippen LogP contribution in [-0.2, 0) is 20.0 Å². The Morgan fingerprint density at radius 1 is 1.17 bits per heavy atom. The van der Waals surface area contributed by atoms with Crippen molar-refractivity contribution in [3.05, 3.63) is 81.3 Å². The van der Waals surface area contributed by atoms with E-state index in [1.54, 1.807) is 4.57 Å². The van der Waals surface area contributed by atoms with Crippen molar-refractivity contribution in [1.82, 2.24) is 9.88 Å². The summed E-state index contributed by atoms with van der Waals surface area (Å²) in [5.41, 5.74) is 7.50. The summed E-state index contributed by atoms with van der Waals surface area (Å²) in [4.78, 5) is 14.7. The van der Waals surface area contributed by atoms with Gasteiger partial charge in [-0.05, 0) is 54.3 Å². The summed E-state index contributed by atoms with van der Waals surface area (Å²) < 4.78 is 1.74. The Hall–Kier alpha value is -3.34. The fourth-order valence-corrected chi connectivity index (χ4v) is 4.22. The van der Waals surface area contributed by atoms with Gasteiger partial charge >= 0.3 is 0 Å². The minimum atomic E-state index is 0.0544. The Labute approximate surface area is 170 Å². The largest absolute Gasteiger partial charge is 0.393 e. The number of fused-ring (bicyclic) bond motifs is 2. The standard InChI is InChI=1S/C24H26N4O/c1-16-11-21-22(27(3)24(16)29)5-4-6-23(21)28-10-9-17-7-8-18(12-19(17)15-28)20(13-25)14-26-2/h4-8,11-14,25-26H,9-10,15H2,1-3H3/b20-14+,25-13?. The molecule has 5 heteroatoms. The van der Waals surface area contributed by atoms with Gasteiger partial charge in [-0.15, -0.1) is 0 Å². The molecule has 0 saturated heterocycles. The van der Waals surface area contributed by atoms with E-state index in [0.717, 1.165) is 52.8 Å². The van der Waals surface area contributed by atoms with Gasteiger partial charge in [-0.25, -0.2) is 0 Å². The molecule has 4 rings (SSSR count). The van der Waals surface area contributed by atoms with Gasteiger partial charge in [0.05, 0.1) is 5.52 Å². The predicted molar refractivity (Wildman–Crippen MR) is 121 cm³/mol. The van der Waals surface area contributed by atoms with E-state index in [1.807, 2.05) is 45.4 Å². The third-order valence-corrected chi connectivity index (χ3v) is 5.77. The zero-order chi connectivity index (χ0) is 20.5. The van der Waals surface area contributed by atoms with Crippen LogP contribution >= 0.6 is 0 Å². The number of pyridine rings is 1. The maximum absolute atomic E-state index is 12.3. The average Bonchev–Trinajstić information content (AvgIpc) is 2.75. The number of aryl methyl sites for hydroxylation is 2. The zero-order valence-corrected chi connectivity index (χ0v) is 17.1. The quantitative estimate of drug-likeness (QED) is 0.673. The van der Waals surface area contributed by atoms with Gasteiger partial charge in [0.1, 0.15) is 0 Å². The van der Waals surface area contributed by atoms with Gasteiger partial charge in [0.2, 0.25) is 0 Å². The SMILES string of the molecule is CN/C=C(\C=N)c1ccc2c(c1)CN(c1cccc3c1cc(C)c(=O)n3C)CC2. The van der Waals surface area contributed by atoms with E-state index >= 15 is 0 Å². The Morgan fingerprint density at radius 3 is 2.76 bits per heavy atom. The third kappa shape index (κ3) is 3.33. The van der Waals surface area contributed by atoms with Crippen LogP contribution in [0.4, 0.5) is 5.69 Å². The molecule has 0 spiro atoms. The second kappa shape index (κ2) is 7.59. The number of nitrogens with one attached hydrogen (secondary N) is 2. The summed E-state index contributed by atoms with van der Waals surface area (Å²) in [6, 6.07) is 14.7. The molecule has 0 saturated carbocycles. The minimum absolute atomic E-state index is 0.0544. The number of aromatic nitrogens is 1. The summed E-state index contributed by atoms with van der Waals surface area (Å²) in [7, 11) is 3.69. The van der Waals surface area contributed by atoms with Gasteiger partial charge in [-0.1, -0.05) is 18.2 Å². The topological polar surface area (TPSA) is 61.1 Å². The lowest BCUT2D eigenvalue weighted by Crippen LogP contribution is -2.31. The van der Waals surface area contributed by atoms with Crippen molar-refractivity contribution in [2.75, 3.05) is 18.5 Å². The summed E-state index contributed by atoms with van der Waals surface area (Å²) in [6.45, 7) is 3.63. The molecule has 0 bridgehead atoms. The second-order valence-electron chi connectivity index (χ2n) is 7.59. The molecule has 0 unspecified atom stereocenters. The molecule has 2 aromatic carbocycles. The number of rotatable bonds is 4. The predicted octanol–water partition coefficient (Wildman–Crippen LogP) is 3.62. The third-order valence-electron chi connectivity index (χ3n) is 5.77. The number of hydrogen-bond acceptors (Lipinski definition) is 4. The molecule has 2 N–H and O–H groups in total. The molecular formula is C24H26N4O. The first-order valence-electron chi connectivity index (χ1n) is 9.88. The number of allylic oxidation sites excluding steroid dienone is 1. The van der Waals surface area contributed by atoms with Crippen LogP contribution in [0.3, 0.4) is 0 Å². The molecule has 0 amide bonds. The van der Waals surface area contributed by atoms with Gasteiger partial charge in [0, 0.05) is 61.8 Å². The Balaban J connectivity index is 1.76. The highest BCUT2D eigenvalue weighted by atomic mass is 16.1. The van der Waals surface area contributed by atoms with Gasteiger partial charge in [0.25, 0.3) is 5.56 Å². The first-order chi connectivity index (χ1) is 14.0. The molecule has 1 aliphatic heterocycles. The highest BCUT2D eigenvalue weighted by Crippen LogP contribution is 2.31. The average molecular weight is 386 g/mol. The van der Waals surface area contributed by atoms with Crippen molar-refractivity contribution in [2.24, 2.45) is 7.05 Å². The lowest BCUT2D eigenvalue weighted by atomic mass is 9.94. The molecule has 148 valence electrons. The lowest BCUT2D eigenvalue weighted by Gasteiger charge is -2.32. The van der Waals surface area contributed by atoms with Crippen LogP contribution in [0, 0.1) is 12.3 Å². The summed E-state index contributed by atoms with van der Waals surface area (Å²) >= 11 is 0. The van der Waals surface area contributed by atoms with Crippen LogP contribution in [0.5, 0.6) is 0 Å².